The van der Waals surface area contributed by atoms with Crippen LogP contribution in [0.2, 0.25) is 0 Å². The summed E-state index contributed by atoms with van der Waals surface area (Å²) in [5.74, 6) is 2.68. The lowest BCUT2D eigenvalue weighted by molar-refractivity contribution is -0.119. The average molecular weight is 408 g/mol. The van der Waals surface area contributed by atoms with Gasteiger partial charge >= 0.3 is 0 Å². The molecular formula is C21H20N4O3S. The number of benzene rings is 2. The van der Waals surface area contributed by atoms with E-state index in [1.54, 1.807) is 43.3 Å². The number of hydrogen-bond donors (Lipinski definition) is 2. The molecule has 1 aromatic heterocycles. The van der Waals surface area contributed by atoms with E-state index in [1.807, 2.05) is 18.2 Å². The molecule has 29 heavy (non-hydrogen) atoms. The number of likely N-dealkylation sites (N-methyl/N-ethyl adjacent to an activating group) is 1. The fraction of sp³-hybridized carbons (Fsp3) is 0.190. The first-order valence-corrected chi connectivity index (χ1v) is 9.58. The lowest BCUT2D eigenvalue weighted by Crippen LogP contribution is -2.36. The van der Waals surface area contributed by atoms with E-state index in [4.69, 9.17) is 11.2 Å². The Labute approximate surface area is 172 Å². The van der Waals surface area contributed by atoms with Gasteiger partial charge < -0.3 is 15.4 Å². The molecule has 0 bridgehead atoms. The third-order valence-corrected chi connectivity index (χ3v) is 4.92. The first kappa shape index (κ1) is 20.3. The molecule has 0 spiro atoms. The maximum absolute atomic E-state index is 12.3. The van der Waals surface area contributed by atoms with Crippen LogP contribution in [-0.4, -0.2) is 48.9 Å². The predicted octanol–water partition coefficient (Wildman–Crippen LogP) is 2.80. The zero-order valence-corrected chi connectivity index (χ0v) is 16.9. The summed E-state index contributed by atoms with van der Waals surface area (Å²) in [4.78, 5) is 30.5. The molecule has 0 radical (unpaired) electrons. The van der Waals surface area contributed by atoms with Crippen molar-refractivity contribution >= 4 is 44.2 Å². The lowest BCUT2D eigenvalue weighted by atomic mass is 10.2. The summed E-state index contributed by atoms with van der Waals surface area (Å²) in [6.45, 7) is 0.103. The van der Waals surface area contributed by atoms with E-state index in [9.17, 15) is 9.59 Å². The van der Waals surface area contributed by atoms with Crippen molar-refractivity contribution in [2.24, 2.45) is 0 Å². The minimum atomic E-state index is -0.257. The van der Waals surface area contributed by atoms with Gasteiger partial charge in [0.1, 0.15) is 11.3 Å². The maximum Gasteiger partial charge on any atom is 0.240 e. The number of carbonyl (C=O) groups excluding carboxylic acids is 2. The molecule has 0 unspecified atom stereocenters. The molecule has 8 heteroatoms. The van der Waals surface area contributed by atoms with Gasteiger partial charge in [0.15, 0.2) is 5.13 Å². The monoisotopic (exact) mass is 408 g/mol. The standard InChI is InChI=1S/C21H20N4O3S/c1-4-14-7-5-8-15(11-14)22-18(26)12-25(2)13-19(27)23-21-24-20-16(28-3)9-6-10-17(20)29-21/h1,5-11H,12-13H2,2-3H3,(H,22,26)(H,23,24,27). The van der Waals surface area contributed by atoms with Crippen molar-refractivity contribution in [1.29, 1.82) is 0 Å². The number of carbonyl (C=O) groups is 2. The fourth-order valence-electron chi connectivity index (χ4n) is 2.73. The molecule has 0 saturated heterocycles. The molecule has 0 atom stereocenters. The number of anilines is 2. The van der Waals surface area contributed by atoms with Crippen molar-refractivity contribution < 1.29 is 14.3 Å². The Kier molecular flexibility index (Phi) is 6.44. The number of thiazole rings is 1. The van der Waals surface area contributed by atoms with Gasteiger partial charge in [-0.3, -0.25) is 14.5 Å². The number of nitrogens with zero attached hydrogens (tertiary/aromatic N) is 2. The van der Waals surface area contributed by atoms with Gasteiger partial charge in [0, 0.05) is 11.3 Å². The number of terminal acetylenes is 1. The highest BCUT2D eigenvalue weighted by molar-refractivity contribution is 7.22. The number of aromatic nitrogens is 1. The van der Waals surface area contributed by atoms with Crippen LogP contribution in [0.25, 0.3) is 10.2 Å². The van der Waals surface area contributed by atoms with Crippen molar-refractivity contribution in [3.05, 3.63) is 48.0 Å². The molecule has 7 nitrogen and oxygen atoms in total. The minimum absolute atomic E-state index is 0.0465. The summed E-state index contributed by atoms with van der Waals surface area (Å²) in [6.07, 6.45) is 5.36. The van der Waals surface area contributed by atoms with Crippen LogP contribution in [0.15, 0.2) is 42.5 Å². The van der Waals surface area contributed by atoms with Gasteiger partial charge in [-0.25, -0.2) is 4.98 Å². The van der Waals surface area contributed by atoms with Crippen LogP contribution in [-0.2, 0) is 9.59 Å². The Balaban J connectivity index is 1.53. The fourth-order valence-corrected chi connectivity index (χ4v) is 3.63. The molecule has 2 N–H and O–H groups in total. The largest absolute Gasteiger partial charge is 0.494 e. The number of ether oxygens (including phenoxy) is 1. The summed E-state index contributed by atoms with van der Waals surface area (Å²) in [7, 11) is 3.27. The smallest absolute Gasteiger partial charge is 0.240 e. The molecule has 1 heterocycles. The van der Waals surface area contributed by atoms with Crippen LogP contribution in [0.5, 0.6) is 5.75 Å². The second-order valence-electron chi connectivity index (χ2n) is 6.32. The van der Waals surface area contributed by atoms with Crippen LogP contribution in [0.1, 0.15) is 5.56 Å². The van der Waals surface area contributed by atoms with Crippen molar-refractivity contribution in [2.75, 3.05) is 37.9 Å². The molecule has 0 aliphatic heterocycles. The quantitative estimate of drug-likeness (QED) is 0.588. The zero-order valence-electron chi connectivity index (χ0n) is 16.1. The Morgan fingerprint density at radius 1 is 1.17 bits per heavy atom. The second kappa shape index (κ2) is 9.19. The Morgan fingerprint density at radius 3 is 2.62 bits per heavy atom. The molecule has 0 saturated carbocycles. The molecule has 148 valence electrons. The van der Waals surface area contributed by atoms with Crippen LogP contribution >= 0.6 is 11.3 Å². The van der Waals surface area contributed by atoms with Crippen LogP contribution in [0, 0.1) is 12.3 Å². The van der Waals surface area contributed by atoms with Crippen LogP contribution in [0.4, 0.5) is 10.8 Å². The van der Waals surface area contributed by atoms with Crippen molar-refractivity contribution in [3.8, 4) is 18.1 Å². The maximum atomic E-state index is 12.3. The topological polar surface area (TPSA) is 83.6 Å². The van der Waals surface area contributed by atoms with E-state index in [-0.39, 0.29) is 24.9 Å². The summed E-state index contributed by atoms with van der Waals surface area (Å²) in [5, 5.41) is 6.02. The first-order chi connectivity index (χ1) is 14.0. The van der Waals surface area contributed by atoms with Crippen molar-refractivity contribution in [2.45, 2.75) is 0 Å². The van der Waals surface area contributed by atoms with Gasteiger partial charge in [-0.1, -0.05) is 29.4 Å². The average Bonchev–Trinajstić information content (AvgIpc) is 3.09. The number of methoxy groups -OCH3 is 1. The van der Waals surface area contributed by atoms with Gasteiger partial charge in [-0.2, -0.15) is 0 Å². The van der Waals surface area contributed by atoms with Gasteiger partial charge in [-0.15, -0.1) is 6.42 Å². The molecule has 0 fully saturated rings. The van der Waals surface area contributed by atoms with E-state index >= 15 is 0 Å². The Hall–Kier alpha value is -3.41. The highest BCUT2D eigenvalue weighted by atomic mass is 32.1. The highest BCUT2D eigenvalue weighted by Crippen LogP contribution is 2.31. The number of fused-ring (bicyclic) bond motifs is 1. The van der Waals surface area contributed by atoms with Crippen LogP contribution < -0.4 is 15.4 Å². The summed E-state index contributed by atoms with van der Waals surface area (Å²) < 4.78 is 6.20. The number of nitrogens with one attached hydrogen (secondary N) is 2. The predicted molar refractivity (Wildman–Crippen MR) is 115 cm³/mol. The molecule has 2 amide bonds. The SMILES string of the molecule is C#Cc1cccc(NC(=O)CN(C)CC(=O)Nc2nc3c(OC)cccc3s2)c1. The molecule has 2 aromatic carbocycles. The van der Waals surface area contributed by atoms with Gasteiger partial charge in [0.05, 0.1) is 24.9 Å². The van der Waals surface area contributed by atoms with Gasteiger partial charge in [0.25, 0.3) is 0 Å². The number of para-hydroxylation sites is 1. The number of amides is 2. The van der Waals surface area contributed by atoms with Gasteiger partial charge in [-0.05, 0) is 37.4 Å². The molecular weight excluding hydrogens is 388 g/mol. The van der Waals surface area contributed by atoms with E-state index < -0.39 is 0 Å². The number of rotatable bonds is 7. The molecule has 0 aliphatic carbocycles. The van der Waals surface area contributed by atoms with E-state index in [0.29, 0.717) is 27.6 Å². The Bertz CT molecular complexity index is 1090. The third-order valence-electron chi connectivity index (χ3n) is 3.99. The van der Waals surface area contributed by atoms with E-state index in [2.05, 4.69) is 21.5 Å². The highest BCUT2D eigenvalue weighted by Gasteiger charge is 2.14. The molecule has 0 aliphatic rings. The first-order valence-electron chi connectivity index (χ1n) is 8.77. The molecule has 3 aromatic rings. The summed E-state index contributed by atoms with van der Waals surface area (Å²) in [6, 6.07) is 12.6. The van der Waals surface area contributed by atoms with Crippen molar-refractivity contribution in [1.82, 2.24) is 9.88 Å². The zero-order chi connectivity index (χ0) is 20.8. The van der Waals surface area contributed by atoms with Crippen LogP contribution in [0.3, 0.4) is 0 Å². The van der Waals surface area contributed by atoms with Gasteiger partial charge in [0.2, 0.25) is 11.8 Å². The number of hydrogen-bond acceptors (Lipinski definition) is 6. The third kappa shape index (κ3) is 5.31. The van der Waals surface area contributed by atoms with E-state index in [1.165, 1.54) is 11.3 Å². The van der Waals surface area contributed by atoms with Crippen molar-refractivity contribution in [3.63, 3.8) is 0 Å². The minimum Gasteiger partial charge on any atom is -0.494 e. The normalized spacial score (nSPS) is 10.6. The lowest BCUT2D eigenvalue weighted by Gasteiger charge is -2.15. The Morgan fingerprint density at radius 2 is 1.90 bits per heavy atom. The molecule has 3 rings (SSSR count). The summed E-state index contributed by atoms with van der Waals surface area (Å²) >= 11 is 1.36. The summed E-state index contributed by atoms with van der Waals surface area (Å²) in [5.41, 5.74) is 2.01. The second-order valence-corrected chi connectivity index (χ2v) is 7.35. The van der Waals surface area contributed by atoms with E-state index in [0.717, 1.165) is 4.70 Å².